The van der Waals surface area contributed by atoms with E-state index >= 15 is 0 Å². The van der Waals surface area contributed by atoms with Gasteiger partial charge in [-0.05, 0) is 55.0 Å². The van der Waals surface area contributed by atoms with Crippen molar-refractivity contribution in [1.29, 1.82) is 0 Å². The van der Waals surface area contributed by atoms with Gasteiger partial charge in [0.05, 0.1) is 23.3 Å². The maximum Gasteiger partial charge on any atom is 0.338 e. The van der Waals surface area contributed by atoms with Crippen LogP contribution < -0.4 is 10.9 Å². The van der Waals surface area contributed by atoms with Gasteiger partial charge in [0.25, 0.3) is 5.56 Å². The number of hydrogen-bond donors (Lipinski definition) is 1. The minimum Gasteiger partial charge on any atom is -0.462 e. The SMILES string of the molecule is CCOC(=O)c1ccc(NC(=O)Cn2nc(Cc3ccncc3)c3ccccc3c2=O)cc1. The number of carbonyl (C=O) groups is 2. The van der Waals surface area contributed by atoms with E-state index in [2.05, 4.69) is 15.4 Å². The molecule has 8 heteroatoms. The summed E-state index contributed by atoms with van der Waals surface area (Å²) in [6.45, 7) is 1.78. The highest BCUT2D eigenvalue weighted by Gasteiger charge is 2.14. The number of carbonyl (C=O) groups excluding carboxylic acids is 2. The van der Waals surface area contributed by atoms with Gasteiger partial charge in [-0.25, -0.2) is 9.48 Å². The molecule has 1 N–H and O–H groups in total. The fourth-order valence-corrected chi connectivity index (χ4v) is 3.48. The van der Waals surface area contributed by atoms with Crippen molar-refractivity contribution in [2.24, 2.45) is 0 Å². The predicted molar refractivity (Wildman–Crippen MR) is 124 cm³/mol. The zero-order valence-corrected chi connectivity index (χ0v) is 18.0. The van der Waals surface area contributed by atoms with Crippen LogP contribution in [0.2, 0.25) is 0 Å². The maximum absolute atomic E-state index is 13.0. The average molecular weight is 442 g/mol. The molecule has 1 amide bonds. The molecule has 0 atom stereocenters. The summed E-state index contributed by atoms with van der Waals surface area (Å²) in [6, 6.07) is 17.4. The number of fused-ring (bicyclic) bond motifs is 1. The number of benzene rings is 2. The number of ether oxygens (including phenoxy) is 1. The molecule has 0 aliphatic heterocycles. The highest BCUT2D eigenvalue weighted by molar-refractivity contribution is 5.93. The topological polar surface area (TPSA) is 103 Å². The summed E-state index contributed by atoms with van der Waals surface area (Å²) >= 11 is 0. The number of rotatable bonds is 7. The summed E-state index contributed by atoms with van der Waals surface area (Å²) in [7, 11) is 0. The van der Waals surface area contributed by atoms with Gasteiger partial charge in [-0.1, -0.05) is 18.2 Å². The second kappa shape index (κ2) is 9.86. The first-order valence-electron chi connectivity index (χ1n) is 10.5. The zero-order chi connectivity index (χ0) is 23.2. The molecule has 2 aromatic heterocycles. The van der Waals surface area contributed by atoms with Crippen molar-refractivity contribution >= 4 is 28.3 Å². The van der Waals surface area contributed by atoms with Gasteiger partial charge in [0.15, 0.2) is 0 Å². The van der Waals surface area contributed by atoms with Crippen LogP contribution in [0.1, 0.15) is 28.5 Å². The highest BCUT2D eigenvalue weighted by atomic mass is 16.5. The third kappa shape index (κ3) is 5.12. The molecule has 0 aliphatic carbocycles. The Morgan fingerprint density at radius 2 is 1.67 bits per heavy atom. The Kier molecular flexibility index (Phi) is 6.54. The van der Waals surface area contributed by atoms with E-state index in [0.29, 0.717) is 28.8 Å². The number of amides is 1. The molecular weight excluding hydrogens is 420 g/mol. The quantitative estimate of drug-likeness (QED) is 0.441. The standard InChI is InChI=1S/C25H22N4O4/c1-2-33-25(32)18-7-9-19(10-8-18)27-23(30)16-29-24(31)21-6-4-3-5-20(21)22(28-29)15-17-11-13-26-14-12-17/h3-14H,2,15-16H2,1H3,(H,27,30). The smallest absolute Gasteiger partial charge is 0.338 e. The van der Waals surface area contributed by atoms with Crippen LogP contribution in [0.3, 0.4) is 0 Å². The Morgan fingerprint density at radius 3 is 2.36 bits per heavy atom. The molecule has 33 heavy (non-hydrogen) atoms. The average Bonchev–Trinajstić information content (AvgIpc) is 2.83. The molecule has 0 unspecified atom stereocenters. The molecular formula is C25H22N4O4. The molecule has 0 radical (unpaired) electrons. The van der Waals surface area contributed by atoms with Crippen LogP contribution in [0.25, 0.3) is 10.8 Å². The summed E-state index contributed by atoms with van der Waals surface area (Å²) in [5.74, 6) is -0.831. The molecule has 2 heterocycles. The number of esters is 1. The van der Waals surface area contributed by atoms with Crippen LogP contribution in [0.5, 0.6) is 0 Å². The highest BCUT2D eigenvalue weighted by Crippen LogP contribution is 2.17. The van der Waals surface area contributed by atoms with E-state index in [1.54, 1.807) is 55.7 Å². The number of pyridine rings is 1. The maximum atomic E-state index is 13.0. The fourth-order valence-electron chi connectivity index (χ4n) is 3.48. The third-order valence-electron chi connectivity index (χ3n) is 5.04. The van der Waals surface area contributed by atoms with Crippen LogP contribution in [0, 0.1) is 0 Å². The Morgan fingerprint density at radius 1 is 0.970 bits per heavy atom. The van der Waals surface area contributed by atoms with Crippen molar-refractivity contribution in [3.8, 4) is 0 Å². The van der Waals surface area contributed by atoms with Gasteiger partial charge in [-0.15, -0.1) is 0 Å². The fraction of sp³-hybridized carbons (Fsp3) is 0.160. The van der Waals surface area contributed by atoms with Gasteiger partial charge in [-0.2, -0.15) is 5.10 Å². The molecule has 2 aromatic carbocycles. The molecule has 0 bridgehead atoms. The molecule has 0 saturated heterocycles. The Labute approximate surface area is 189 Å². The summed E-state index contributed by atoms with van der Waals surface area (Å²) in [5.41, 5.74) is 2.25. The van der Waals surface area contributed by atoms with Crippen LogP contribution >= 0.6 is 0 Å². The van der Waals surface area contributed by atoms with Crippen molar-refractivity contribution in [3.63, 3.8) is 0 Å². The zero-order valence-electron chi connectivity index (χ0n) is 18.0. The van der Waals surface area contributed by atoms with Crippen LogP contribution in [0.15, 0.2) is 77.9 Å². The Hall–Kier alpha value is -4.33. The molecule has 8 nitrogen and oxygen atoms in total. The number of aromatic nitrogens is 3. The lowest BCUT2D eigenvalue weighted by molar-refractivity contribution is -0.117. The predicted octanol–water partition coefficient (Wildman–Crippen LogP) is 3.20. The van der Waals surface area contributed by atoms with E-state index in [4.69, 9.17) is 4.74 Å². The number of nitrogens with zero attached hydrogens (tertiary/aromatic N) is 3. The van der Waals surface area contributed by atoms with Gasteiger partial charge in [0.1, 0.15) is 6.54 Å². The van der Waals surface area contributed by atoms with Crippen molar-refractivity contribution in [2.45, 2.75) is 19.9 Å². The van der Waals surface area contributed by atoms with Gasteiger partial charge < -0.3 is 10.1 Å². The van der Waals surface area contributed by atoms with Crippen molar-refractivity contribution in [1.82, 2.24) is 14.8 Å². The van der Waals surface area contributed by atoms with Crippen molar-refractivity contribution in [3.05, 3.63) is 100 Å². The monoisotopic (exact) mass is 442 g/mol. The molecule has 4 rings (SSSR count). The third-order valence-corrected chi connectivity index (χ3v) is 5.04. The van der Waals surface area contributed by atoms with Gasteiger partial charge >= 0.3 is 5.97 Å². The minimum absolute atomic E-state index is 0.243. The van der Waals surface area contributed by atoms with Crippen LogP contribution in [-0.4, -0.2) is 33.2 Å². The van der Waals surface area contributed by atoms with Gasteiger partial charge in [0.2, 0.25) is 5.91 Å². The minimum atomic E-state index is -0.427. The molecule has 0 spiro atoms. The largest absolute Gasteiger partial charge is 0.462 e. The van der Waals surface area contributed by atoms with Crippen molar-refractivity contribution < 1.29 is 14.3 Å². The first-order chi connectivity index (χ1) is 16.0. The van der Waals surface area contributed by atoms with E-state index in [9.17, 15) is 14.4 Å². The van der Waals surface area contributed by atoms with Crippen LogP contribution in [0.4, 0.5) is 5.69 Å². The molecule has 0 saturated carbocycles. The first kappa shape index (κ1) is 21.9. The van der Waals surface area contributed by atoms with E-state index < -0.39 is 11.9 Å². The summed E-state index contributed by atoms with van der Waals surface area (Å²) < 4.78 is 6.14. The second-order valence-corrected chi connectivity index (χ2v) is 7.33. The Balaban J connectivity index is 1.56. The van der Waals surface area contributed by atoms with Crippen molar-refractivity contribution in [2.75, 3.05) is 11.9 Å². The lowest BCUT2D eigenvalue weighted by Gasteiger charge is -2.12. The molecule has 0 fully saturated rings. The molecule has 0 aliphatic rings. The van der Waals surface area contributed by atoms with E-state index in [1.807, 2.05) is 24.3 Å². The number of nitrogens with one attached hydrogen (secondary N) is 1. The van der Waals surface area contributed by atoms with E-state index in [1.165, 1.54) is 4.68 Å². The first-order valence-corrected chi connectivity index (χ1v) is 10.5. The molecule has 166 valence electrons. The number of hydrogen-bond acceptors (Lipinski definition) is 6. The van der Waals surface area contributed by atoms with Gasteiger partial charge in [-0.3, -0.25) is 14.6 Å². The normalized spacial score (nSPS) is 10.7. The van der Waals surface area contributed by atoms with Gasteiger partial charge in [0, 0.05) is 29.9 Å². The van der Waals surface area contributed by atoms with E-state index in [-0.39, 0.29) is 18.7 Å². The lowest BCUT2D eigenvalue weighted by atomic mass is 10.1. The molecule has 4 aromatic rings. The van der Waals surface area contributed by atoms with E-state index in [0.717, 1.165) is 10.9 Å². The Bertz CT molecular complexity index is 1350. The second-order valence-electron chi connectivity index (χ2n) is 7.33. The lowest BCUT2D eigenvalue weighted by Crippen LogP contribution is -2.30. The summed E-state index contributed by atoms with van der Waals surface area (Å²) in [5, 5.41) is 8.49. The summed E-state index contributed by atoms with van der Waals surface area (Å²) in [6.07, 6.45) is 3.91. The summed E-state index contributed by atoms with van der Waals surface area (Å²) in [4.78, 5) is 41.4. The van der Waals surface area contributed by atoms with Crippen LogP contribution in [-0.2, 0) is 22.5 Å². The number of anilines is 1.